The summed E-state index contributed by atoms with van der Waals surface area (Å²) in [4.78, 5) is 36.7. The Morgan fingerprint density at radius 3 is 2.45 bits per heavy atom. The van der Waals surface area contributed by atoms with Gasteiger partial charge in [-0.1, -0.05) is 0 Å². The molecule has 0 radical (unpaired) electrons. The van der Waals surface area contributed by atoms with Gasteiger partial charge in [0.1, 0.15) is 9.71 Å². The molecule has 22 heavy (non-hydrogen) atoms. The SMILES string of the molecule is CCOC(=O)c1sc2[nH]c(=O)n(CC)c(=O)c2c1C(F)(F)F. The van der Waals surface area contributed by atoms with Gasteiger partial charge in [0.05, 0.1) is 17.6 Å². The molecule has 0 bridgehead atoms. The van der Waals surface area contributed by atoms with Crippen LogP contribution in [0.25, 0.3) is 10.2 Å². The quantitative estimate of drug-likeness (QED) is 0.869. The van der Waals surface area contributed by atoms with Crippen molar-refractivity contribution >= 4 is 27.5 Å². The number of nitrogens with zero attached hydrogens (tertiary/aromatic N) is 1. The molecule has 6 nitrogen and oxygen atoms in total. The highest BCUT2D eigenvalue weighted by molar-refractivity contribution is 7.20. The minimum absolute atomic E-state index is 0.0913. The van der Waals surface area contributed by atoms with E-state index < -0.39 is 39.2 Å². The van der Waals surface area contributed by atoms with E-state index in [-0.39, 0.29) is 18.0 Å². The number of carbonyl (C=O) groups is 1. The zero-order valence-electron chi connectivity index (χ0n) is 11.5. The van der Waals surface area contributed by atoms with Crippen LogP contribution in [0.2, 0.25) is 0 Å². The molecular weight excluding hydrogens is 325 g/mol. The molecule has 0 aliphatic heterocycles. The monoisotopic (exact) mass is 336 g/mol. The Balaban J connectivity index is 2.95. The summed E-state index contributed by atoms with van der Waals surface area (Å²) in [5.41, 5.74) is -3.28. The van der Waals surface area contributed by atoms with Crippen molar-refractivity contribution in [3.05, 3.63) is 31.3 Å². The van der Waals surface area contributed by atoms with Crippen LogP contribution in [-0.4, -0.2) is 22.1 Å². The molecule has 0 unspecified atom stereocenters. The van der Waals surface area contributed by atoms with Gasteiger partial charge in [-0.05, 0) is 13.8 Å². The first-order valence-corrected chi connectivity index (χ1v) is 7.07. The van der Waals surface area contributed by atoms with Crippen molar-refractivity contribution in [2.75, 3.05) is 6.61 Å². The van der Waals surface area contributed by atoms with Crippen LogP contribution in [0.15, 0.2) is 9.59 Å². The highest BCUT2D eigenvalue weighted by Gasteiger charge is 2.41. The second-order valence-electron chi connectivity index (χ2n) is 4.21. The van der Waals surface area contributed by atoms with Crippen molar-refractivity contribution in [1.82, 2.24) is 9.55 Å². The summed E-state index contributed by atoms with van der Waals surface area (Å²) < 4.78 is 45.1. The average Bonchev–Trinajstić information content (AvgIpc) is 2.79. The van der Waals surface area contributed by atoms with Gasteiger partial charge in [0.25, 0.3) is 5.56 Å². The Kier molecular flexibility index (Phi) is 4.14. The van der Waals surface area contributed by atoms with E-state index in [9.17, 15) is 27.6 Å². The zero-order valence-corrected chi connectivity index (χ0v) is 12.4. The van der Waals surface area contributed by atoms with Gasteiger partial charge in [-0.15, -0.1) is 11.3 Å². The number of aromatic amines is 1. The Labute approximate surface area is 125 Å². The van der Waals surface area contributed by atoms with Crippen LogP contribution in [0.4, 0.5) is 13.2 Å². The van der Waals surface area contributed by atoms with E-state index in [1.807, 2.05) is 0 Å². The van der Waals surface area contributed by atoms with Crippen molar-refractivity contribution in [2.24, 2.45) is 0 Å². The largest absolute Gasteiger partial charge is 0.462 e. The summed E-state index contributed by atoms with van der Waals surface area (Å²) in [5, 5.41) is -0.720. The summed E-state index contributed by atoms with van der Waals surface area (Å²) in [7, 11) is 0. The molecule has 0 spiro atoms. The van der Waals surface area contributed by atoms with Crippen LogP contribution in [0, 0.1) is 0 Å². The third kappa shape index (κ3) is 2.54. The lowest BCUT2D eigenvalue weighted by atomic mass is 10.2. The molecule has 0 amide bonds. The van der Waals surface area contributed by atoms with E-state index in [2.05, 4.69) is 9.72 Å². The molecule has 2 aromatic rings. The maximum Gasteiger partial charge on any atom is 0.418 e. The topological polar surface area (TPSA) is 81.2 Å². The second kappa shape index (κ2) is 5.59. The van der Waals surface area contributed by atoms with Gasteiger partial charge in [-0.2, -0.15) is 13.2 Å². The summed E-state index contributed by atoms with van der Waals surface area (Å²) in [6.45, 7) is 2.70. The van der Waals surface area contributed by atoms with Crippen LogP contribution >= 0.6 is 11.3 Å². The minimum Gasteiger partial charge on any atom is -0.462 e. The molecule has 2 heterocycles. The van der Waals surface area contributed by atoms with E-state index in [4.69, 9.17) is 0 Å². The van der Waals surface area contributed by atoms with E-state index in [0.717, 1.165) is 0 Å². The molecule has 2 aromatic heterocycles. The Hall–Kier alpha value is -2.10. The van der Waals surface area contributed by atoms with Gasteiger partial charge in [-0.3, -0.25) is 14.3 Å². The predicted molar refractivity (Wildman–Crippen MR) is 73.3 cm³/mol. The number of alkyl halides is 3. The van der Waals surface area contributed by atoms with Crippen LogP contribution in [-0.2, 0) is 17.5 Å². The number of rotatable bonds is 3. The van der Waals surface area contributed by atoms with Crippen molar-refractivity contribution in [1.29, 1.82) is 0 Å². The number of nitrogens with one attached hydrogen (secondary N) is 1. The Morgan fingerprint density at radius 1 is 1.32 bits per heavy atom. The molecule has 0 saturated heterocycles. The van der Waals surface area contributed by atoms with Gasteiger partial charge in [-0.25, -0.2) is 9.59 Å². The fraction of sp³-hybridized carbons (Fsp3) is 0.417. The highest BCUT2D eigenvalue weighted by atomic mass is 32.1. The highest BCUT2D eigenvalue weighted by Crippen LogP contribution is 2.40. The number of halogens is 3. The molecule has 0 atom stereocenters. The molecule has 10 heteroatoms. The molecule has 0 aliphatic rings. The molecule has 120 valence electrons. The van der Waals surface area contributed by atoms with Crippen LogP contribution in [0.3, 0.4) is 0 Å². The van der Waals surface area contributed by atoms with Crippen LogP contribution < -0.4 is 11.2 Å². The first kappa shape index (κ1) is 16.3. The van der Waals surface area contributed by atoms with E-state index >= 15 is 0 Å². The lowest BCUT2D eigenvalue weighted by Crippen LogP contribution is -2.34. The van der Waals surface area contributed by atoms with Gasteiger partial charge in [0, 0.05) is 6.54 Å². The molecule has 1 N–H and O–H groups in total. The van der Waals surface area contributed by atoms with Crippen molar-refractivity contribution in [3.63, 3.8) is 0 Å². The molecule has 0 fully saturated rings. The van der Waals surface area contributed by atoms with Gasteiger partial charge < -0.3 is 4.74 Å². The first-order chi connectivity index (χ1) is 10.2. The molecule has 0 aromatic carbocycles. The zero-order chi connectivity index (χ0) is 16.7. The van der Waals surface area contributed by atoms with E-state index in [1.54, 1.807) is 0 Å². The number of fused-ring (bicyclic) bond motifs is 1. The van der Waals surface area contributed by atoms with Gasteiger partial charge >= 0.3 is 17.8 Å². The Bertz CT molecular complexity index is 847. The minimum atomic E-state index is -4.93. The van der Waals surface area contributed by atoms with E-state index in [0.29, 0.717) is 15.9 Å². The Morgan fingerprint density at radius 2 is 1.95 bits per heavy atom. The van der Waals surface area contributed by atoms with Gasteiger partial charge in [0.15, 0.2) is 0 Å². The maximum atomic E-state index is 13.3. The fourth-order valence-electron chi connectivity index (χ4n) is 2.01. The second-order valence-corrected chi connectivity index (χ2v) is 5.23. The number of hydrogen-bond acceptors (Lipinski definition) is 5. The fourth-order valence-corrected chi connectivity index (χ4v) is 3.11. The summed E-state index contributed by atoms with van der Waals surface area (Å²) >= 11 is 0.383. The number of hydrogen-bond donors (Lipinski definition) is 1. The summed E-state index contributed by atoms with van der Waals surface area (Å²) in [5.74, 6) is -1.18. The molecular formula is C12H11F3N2O4S. The summed E-state index contributed by atoms with van der Waals surface area (Å²) in [6.07, 6.45) is -4.93. The van der Waals surface area contributed by atoms with Gasteiger partial charge in [0.2, 0.25) is 0 Å². The normalized spacial score (nSPS) is 11.9. The standard InChI is InChI=1S/C12H11F3N2O4S/c1-3-17-9(18)5-6(12(13,14)15)7(10(19)21-4-2)22-8(5)16-11(17)20/h3-4H2,1-2H3,(H,16,20). The number of H-pyrrole nitrogens is 1. The van der Waals surface area contributed by atoms with Crippen LogP contribution in [0.1, 0.15) is 29.1 Å². The predicted octanol–water partition coefficient (Wildman–Crippen LogP) is 1.97. The molecule has 0 aliphatic carbocycles. The third-order valence-corrected chi connectivity index (χ3v) is 3.98. The maximum absolute atomic E-state index is 13.3. The lowest BCUT2D eigenvalue weighted by Gasteiger charge is -2.08. The molecule has 0 saturated carbocycles. The van der Waals surface area contributed by atoms with Crippen LogP contribution in [0.5, 0.6) is 0 Å². The number of aromatic nitrogens is 2. The average molecular weight is 336 g/mol. The smallest absolute Gasteiger partial charge is 0.418 e. The number of thiophene rings is 1. The van der Waals surface area contributed by atoms with Crippen molar-refractivity contribution in [2.45, 2.75) is 26.6 Å². The van der Waals surface area contributed by atoms with Crippen molar-refractivity contribution in [3.8, 4) is 0 Å². The first-order valence-electron chi connectivity index (χ1n) is 6.26. The third-order valence-electron chi connectivity index (χ3n) is 2.89. The summed E-state index contributed by atoms with van der Waals surface area (Å²) in [6, 6.07) is 0. The lowest BCUT2D eigenvalue weighted by molar-refractivity contribution is -0.136. The number of carbonyl (C=O) groups excluding carboxylic acids is 1. The number of esters is 1. The van der Waals surface area contributed by atoms with E-state index in [1.165, 1.54) is 13.8 Å². The molecule has 2 rings (SSSR count). The number of ether oxygens (including phenoxy) is 1. The van der Waals surface area contributed by atoms with Crippen molar-refractivity contribution < 1.29 is 22.7 Å².